The number of unbranched alkanes of at least 4 members (excludes halogenated alkanes) is 31. The molecule has 0 aromatic heterocycles. The van der Waals surface area contributed by atoms with E-state index in [0.29, 0.717) is 38.5 Å². The molecule has 0 aromatic rings. The van der Waals surface area contributed by atoms with Crippen molar-refractivity contribution in [3.8, 4) is 0 Å². The van der Waals surface area contributed by atoms with Gasteiger partial charge in [-0.1, -0.05) is 276 Å². The predicted molar refractivity (Wildman–Crippen MR) is 422 cm³/mol. The second kappa shape index (κ2) is 67.7. The third-order valence-corrected chi connectivity index (χ3v) is 21.3. The van der Waals surface area contributed by atoms with E-state index in [1.54, 1.807) is 0 Å². The average molecular weight is 1550 g/mol. The van der Waals surface area contributed by atoms with Crippen LogP contribution in [0.4, 0.5) is 4.79 Å². The van der Waals surface area contributed by atoms with Crippen molar-refractivity contribution in [1.29, 1.82) is 0 Å². The molecule has 0 radical (unpaired) electrons. The van der Waals surface area contributed by atoms with Gasteiger partial charge in [0.25, 0.3) is 0 Å². The molecule has 2 rings (SSSR count). The number of aliphatic hydroxyl groups excluding tert-OH is 2. The lowest BCUT2D eigenvalue weighted by molar-refractivity contribution is -0.331. The summed E-state index contributed by atoms with van der Waals surface area (Å²) in [6.07, 6.45) is 35.2. The SMILES string of the molecule is [2H]C(CCCCCCCCCCC)O[C@H]1[C@H](O)[C@@H](CO[C@@H]2O[C@H](COC(=O)OCC=C)[C@@H](OP(=O)(OCC=C)OCC=C)[C@H](OCC[C@H](O)CCCCCCC)[C@H]2NC(=O)CCCCCCCCC/C=C\CCCCCC)OC(OCCOP(=O)(OCC=C)OCC=C)[C@@H]1OC([2H])CCCCCCCCCCC. The van der Waals surface area contributed by atoms with Gasteiger partial charge in [0.2, 0.25) is 5.91 Å². The summed E-state index contributed by atoms with van der Waals surface area (Å²) in [5.74, 6) is -0.428. The van der Waals surface area contributed by atoms with Crippen molar-refractivity contribution in [2.75, 3.05) is 79.2 Å². The van der Waals surface area contributed by atoms with E-state index in [0.717, 1.165) is 135 Å². The van der Waals surface area contributed by atoms with Crippen LogP contribution in [0.3, 0.4) is 0 Å². The molecule has 618 valence electrons. The molecule has 22 nitrogen and oxygen atoms in total. The molecule has 0 aromatic carbocycles. The first-order valence-electron chi connectivity index (χ1n) is 42.2. The summed E-state index contributed by atoms with van der Waals surface area (Å²) in [4.78, 5) is 27.9. The Kier molecular flexibility index (Phi) is 60.9. The Morgan fingerprint density at radius 1 is 0.443 bits per heavy atom. The van der Waals surface area contributed by atoms with Crippen LogP contribution in [0.25, 0.3) is 0 Å². The van der Waals surface area contributed by atoms with Gasteiger partial charge in [-0.05, 0) is 57.8 Å². The molecular weight excluding hydrogens is 1400 g/mol. The summed E-state index contributed by atoms with van der Waals surface area (Å²) in [6, 6.07) is -1.37. The topological polar surface area (TPSA) is 259 Å². The smallest absolute Gasteiger partial charge is 0.431 e. The molecule has 3 N–H and O–H groups in total. The molecule has 0 saturated carbocycles. The highest BCUT2D eigenvalue weighted by Crippen LogP contribution is 2.53. The first kappa shape index (κ1) is 95.4. The standard InChI is InChI=1S/C82H149NO21P2/c1-10-19-23-27-30-33-36-37-38-39-40-41-44-48-52-56-73(85)83-74-77(92-65-57-70(84)55-51-47-26-22-13-4)76(104-106(89,99-61-17-8)100-62-18-9)72(69-96-82(87)94-58-14-5)103-80(74)95-68-71-75(86)78(90-63-53-49-45-42-34-31-28-24-20-11-2)79(91-64-54-50-46-43-35-32-29-25-21-12-3)81(102-71)93-66-67-101-105(88,97-59-15-6)98-60-16-7/h14-18,33,36,70-72,74-81,84,86H,5-13,19-32,34-35,37-69H2,1-4H3,(H,83,85)/b36-33-/t70-,71-,72-,74-,75-,76-,77-,78+,79-,80-,81?/m1/s1/i63D,64D/t63?,64?,70-,71-,72-,74-,75-,76-,77-,78+,79-,80-,81?. The monoisotopic (exact) mass is 1550 g/mol. The molecule has 106 heavy (non-hydrogen) atoms. The van der Waals surface area contributed by atoms with Crippen molar-refractivity contribution >= 4 is 27.7 Å². The zero-order valence-electron chi connectivity index (χ0n) is 68.2. The molecule has 24 heteroatoms. The van der Waals surface area contributed by atoms with Crippen LogP contribution in [0.2, 0.25) is 0 Å². The van der Waals surface area contributed by atoms with Gasteiger partial charge in [-0.3, -0.25) is 31.9 Å². The van der Waals surface area contributed by atoms with Crippen molar-refractivity contribution < 1.29 is 101 Å². The number of hydrogen-bond donors (Lipinski definition) is 3. The summed E-state index contributed by atoms with van der Waals surface area (Å²) < 4.78 is 139. The Bertz CT molecular complexity index is 2350. The normalized spacial score (nSPS) is 21.8. The van der Waals surface area contributed by atoms with Gasteiger partial charge in [-0.25, -0.2) is 13.9 Å². The molecular formula is C82H149NO21P2. The summed E-state index contributed by atoms with van der Waals surface area (Å²) >= 11 is 0. The van der Waals surface area contributed by atoms with Gasteiger partial charge >= 0.3 is 21.8 Å². The Hall–Kier alpha value is -2.96. The van der Waals surface area contributed by atoms with Crippen LogP contribution in [0.1, 0.15) is 294 Å². The van der Waals surface area contributed by atoms with E-state index >= 15 is 0 Å². The first-order valence-corrected chi connectivity index (χ1v) is 44.0. The highest BCUT2D eigenvalue weighted by Gasteiger charge is 2.54. The molecule has 2 aliphatic rings. The van der Waals surface area contributed by atoms with Gasteiger partial charge in [0.15, 0.2) is 12.6 Å². The minimum Gasteiger partial charge on any atom is -0.431 e. The molecule has 1 amide bonds. The largest absolute Gasteiger partial charge is 0.508 e. The van der Waals surface area contributed by atoms with E-state index in [1.807, 2.05) is 0 Å². The summed E-state index contributed by atoms with van der Waals surface area (Å²) in [5.41, 5.74) is 0. The summed E-state index contributed by atoms with van der Waals surface area (Å²) in [5, 5.41) is 27.4. The number of hydrogen-bond acceptors (Lipinski definition) is 21. The van der Waals surface area contributed by atoms with Crippen molar-refractivity contribution in [1.82, 2.24) is 5.32 Å². The van der Waals surface area contributed by atoms with Crippen molar-refractivity contribution in [2.24, 2.45) is 0 Å². The maximum absolute atomic E-state index is 14.9. The summed E-state index contributed by atoms with van der Waals surface area (Å²) in [6.45, 7) is 21.6. The Morgan fingerprint density at radius 2 is 0.887 bits per heavy atom. The molecule has 0 bridgehead atoms. The number of phosphoric ester groups is 2. The second-order valence-electron chi connectivity index (χ2n) is 27.8. The van der Waals surface area contributed by atoms with Crippen LogP contribution in [0.5, 0.6) is 0 Å². The molecule has 2 aliphatic heterocycles. The van der Waals surface area contributed by atoms with Crippen molar-refractivity contribution in [3.63, 3.8) is 0 Å². The molecule has 13 atom stereocenters. The lowest BCUT2D eigenvalue weighted by atomic mass is 9.95. The second-order valence-corrected chi connectivity index (χ2v) is 31.0. The van der Waals surface area contributed by atoms with Gasteiger partial charge in [0.1, 0.15) is 62.0 Å². The van der Waals surface area contributed by atoms with Crippen molar-refractivity contribution in [3.05, 3.63) is 75.4 Å². The van der Waals surface area contributed by atoms with Crippen LogP contribution in [0.15, 0.2) is 75.4 Å². The minimum atomic E-state index is -4.68. The van der Waals surface area contributed by atoms with Gasteiger partial charge in [0, 0.05) is 26.2 Å². The highest BCUT2D eigenvalue weighted by atomic mass is 31.2. The van der Waals surface area contributed by atoms with E-state index < -0.39 is 122 Å². The number of aliphatic hydroxyl groups is 2. The Morgan fingerprint density at radius 3 is 1.40 bits per heavy atom. The lowest BCUT2D eigenvalue weighted by Crippen LogP contribution is -2.67. The maximum Gasteiger partial charge on any atom is 0.508 e. The number of allylic oxidation sites excluding steroid dienone is 2. The van der Waals surface area contributed by atoms with Gasteiger partial charge in [0.05, 0.1) is 55.1 Å². The molecule has 2 fully saturated rings. The van der Waals surface area contributed by atoms with E-state index in [1.165, 1.54) is 107 Å². The van der Waals surface area contributed by atoms with E-state index in [9.17, 15) is 31.7 Å². The van der Waals surface area contributed by atoms with Crippen molar-refractivity contribution in [2.45, 2.75) is 358 Å². The van der Waals surface area contributed by atoms with E-state index in [4.69, 9.17) is 69.8 Å². The maximum atomic E-state index is 14.9. The first-order chi connectivity index (χ1) is 52.5. The quantitative estimate of drug-likeness (QED) is 0.0221. The fraction of sp³-hybridized carbons (Fsp3) is 0.829. The molecule has 3 unspecified atom stereocenters. The zero-order chi connectivity index (χ0) is 79.0. The number of ether oxygens (including phenoxy) is 9. The number of amides is 1. The summed E-state index contributed by atoms with van der Waals surface area (Å²) in [7, 11) is -8.87. The number of phosphoric acid groups is 2. The van der Waals surface area contributed by atoms with Crippen LogP contribution < -0.4 is 5.32 Å². The third-order valence-electron chi connectivity index (χ3n) is 18.4. The van der Waals surface area contributed by atoms with Gasteiger partial charge < -0.3 is 58.2 Å². The number of rotatable bonds is 76. The lowest BCUT2D eigenvalue weighted by Gasteiger charge is -2.47. The Labute approximate surface area is 644 Å². The van der Waals surface area contributed by atoms with Crippen LogP contribution in [0, 0.1) is 0 Å². The Balaban J connectivity index is 2.84. The van der Waals surface area contributed by atoms with Gasteiger partial charge in [-0.15, -0.1) is 26.3 Å². The van der Waals surface area contributed by atoms with Gasteiger partial charge in [-0.2, -0.15) is 0 Å². The molecule has 2 heterocycles. The van der Waals surface area contributed by atoms with Crippen LogP contribution in [-0.2, 0) is 83.7 Å². The third kappa shape index (κ3) is 48.7. The average Bonchev–Trinajstić information content (AvgIpc) is 0.778. The molecule has 0 aliphatic carbocycles. The van der Waals surface area contributed by atoms with Crippen LogP contribution in [-0.4, -0.2) is 169 Å². The fourth-order valence-corrected chi connectivity index (χ4v) is 14.8. The zero-order valence-corrected chi connectivity index (χ0v) is 68.0. The van der Waals surface area contributed by atoms with E-state index in [2.05, 4.69) is 78.1 Å². The number of carbonyl (C=O) groups is 2. The molecule has 0 spiro atoms. The number of nitrogens with one attached hydrogen (secondary N) is 1. The number of carbonyl (C=O) groups excluding carboxylic acids is 2. The highest BCUT2D eigenvalue weighted by molar-refractivity contribution is 7.48. The molecule has 2 saturated heterocycles. The minimum absolute atomic E-state index is 0.0690. The fourth-order valence-electron chi connectivity index (χ4n) is 12.4. The van der Waals surface area contributed by atoms with E-state index in [-0.39, 0.29) is 65.7 Å². The van der Waals surface area contributed by atoms with Crippen LogP contribution >= 0.6 is 15.6 Å². The predicted octanol–water partition coefficient (Wildman–Crippen LogP) is 20.2.